The van der Waals surface area contributed by atoms with Gasteiger partial charge in [-0.2, -0.15) is 0 Å². The summed E-state index contributed by atoms with van der Waals surface area (Å²) >= 11 is 0. The van der Waals surface area contributed by atoms with Gasteiger partial charge in [-0.15, -0.1) is 0 Å². The first-order chi connectivity index (χ1) is 11.3. The Hall–Kier alpha value is -2.34. The summed E-state index contributed by atoms with van der Waals surface area (Å²) in [7, 11) is 0. The van der Waals surface area contributed by atoms with E-state index in [1.165, 1.54) is 40.7 Å². The molecule has 0 saturated carbocycles. The van der Waals surface area contributed by atoms with Crippen LogP contribution in [-0.2, 0) is 6.42 Å². The van der Waals surface area contributed by atoms with Gasteiger partial charge in [-0.1, -0.05) is 85.8 Å². The maximum atomic E-state index is 2.38. The molecule has 2 atom stereocenters. The van der Waals surface area contributed by atoms with Gasteiger partial charge in [0, 0.05) is 5.92 Å². The molecule has 0 fully saturated rings. The van der Waals surface area contributed by atoms with Crippen molar-refractivity contribution in [2.45, 2.75) is 25.7 Å². The van der Waals surface area contributed by atoms with E-state index < -0.39 is 0 Å². The molecule has 0 nitrogen and oxygen atoms in total. The average Bonchev–Trinajstić information content (AvgIpc) is 2.62. The topological polar surface area (TPSA) is 0 Å². The lowest BCUT2D eigenvalue weighted by Crippen LogP contribution is -2.17. The van der Waals surface area contributed by atoms with E-state index >= 15 is 0 Å². The molecular weight excluding hydrogens is 276 g/mol. The van der Waals surface area contributed by atoms with Crippen molar-refractivity contribution < 1.29 is 0 Å². The highest BCUT2D eigenvalue weighted by atomic mass is 14.3. The van der Waals surface area contributed by atoms with Crippen LogP contribution in [0.4, 0.5) is 0 Å². The fourth-order valence-corrected chi connectivity index (χ4v) is 3.93. The van der Waals surface area contributed by atoms with Crippen molar-refractivity contribution in [3.8, 4) is 11.1 Å². The van der Waals surface area contributed by atoms with Gasteiger partial charge in [0.05, 0.1) is 0 Å². The fourth-order valence-electron chi connectivity index (χ4n) is 3.93. The average molecular weight is 298 g/mol. The predicted molar refractivity (Wildman–Crippen MR) is 97.6 cm³/mol. The van der Waals surface area contributed by atoms with Crippen molar-refractivity contribution in [2.75, 3.05) is 0 Å². The van der Waals surface area contributed by atoms with Gasteiger partial charge in [-0.3, -0.25) is 0 Å². The molecule has 3 aromatic carbocycles. The lowest BCUT2D eigenvalue weighted by molar-refractivity contribution is 0.464. The first-order valence-electron chi connectivity index (χ1n) is 8.54. The highest BCUT2D eigenvalue weighted by Crippen LogP contribution is 2.39. The minimum absolute atomic E-state index is 0.526. The second-order valence-electron chi connectivity index (χ2n) is 6.79. The molecule has 4 rings (SSSR count). The number of hydrogen-bond donors (Lipinski definition) is 0. The third-order valence-corrected chi connectivity index (χ3v) is 5.03. The Bertz CT molecular complexity index is 801. The summed E-state index contributed by atoms with van der Waals surface area (Å²) in [5.74, 6) is 1.27. The molecule has 23 heavy (non-hydrogen) atoms. The smallest absolute Gasteiger partial charge is 0.00949 e. The van der Waals surface area contributed by atoms with Crippen LogP contribution in [0.1, 0.15) is 36.0 Å². The van der Waals surface area contributed by atoms with E-state index in [-0.39, 0.29) is 0 Å². The molecule has 0 saturated heterocycles. The summed E-state index contributed by atoms with van der Waals surface area (Å²) < 4.78 is 0. The van der Waals surface area contributed by atoms with Gasteiger partial charge in [-0.25, -0.2) is 0 Å². The number of fused-ring (bicyclic) bond motifs is 1. The molecule has 0 aliphatic heterocycles. The summed E-state index contributed by atoms with van der Waals surface area (Å²) in [5, 5.41) is 0. The van der Waals surface area contributed by atoms with Crippen molar-refractivity contribution in [3.05, 3.63) is 95.6 Å². The van der Waals surface area contributed by atoms with Crippen molar-refractivity contribution in [3.63, 3.8) is 0 Å². The molecule has 0 unspecified atom stereocenters. The number of hydrogen-bond acceptors (Lipinski definition) is 0. The Kier molecular flexibility index (Phi) is 3.75. The third kappa shape index (κ3) is 2.82. The largest absolute Gasteiger partial charge is 0.0622 e. The van der Waals surface area contributed by atoms with Gasteiger partial charge in [0.15, 0.2) is 0 Å². The molecule has 0 aromatic heterocycles. The predicted octanol–water partition coefficient (Wildman–Crippen LogP) is 6.07. The molecule has 0 radical (unpaired) electrons. The van der Waals surface area contributed by atoms with Crippen LogP contribution >= 0.6 is 0 Å². The van der Waals surface area contributed by atoms with Gasteiger partial charge >= 0.3 is 0 Å². The standard InChI is InChI=1S/C23H22/c1-17-14-20-10-5-6-13-22(20)23(15-17)21-12-7-11-19(16-21)18-8-3-2-4-9-18/h2-13,16-17,23H,14-15H2,1H3/t17-,23+/m1/s1. The molecule has 0 spiro atoms. The van der Waals surface area contributed by atoms with E-state index in [1.807, 2.05) is 0 Å². The van der Waals surface area contributed by atoms with Crippen LogP contribution in [0.2, 0.25) is 0 Å². The van der Waals surface area contributed by atoms with Crippen LogP contribution in [-0.4, -0.2) is 0 Å². The quantitative estimate of drug-likeness (QED) is 0.539. The zero-order valence-corrected chi connectivity index (χ0v) is 13.6. The van der Waals surface area contributed by atoms with E-state index in [0.717, 1.165) is 5.92 Å². The maximum Gasteiger partial charge on any atom is 0.00949 e. The Balaban J connectivity index is 1.77. The van der Waals surface area contributed by atoms with Crippen LogP contribution in [0.15, 0.2) is 78.9 Å². The minimum Gasteiger partial charge on any atom is -0.0622 e. The van der Waals surface area contributed by atoms with Gasteiger partial charge in [0.1, 0.15) is 0 Å². The van der Waals surface area contributed by atoms with Gasteiger partial charge in [0.2, 0.25) is 0 Å². The van der Waals surface area contributed by atoms with E-state index in [0.29, 0.717) is 5.92 Å². The molecule has 1 aliphatic rings. The van der Waals surface area contributed by atoms with Crippen molar-refractivity contribution >= 4 is 0 Å². The van der Waals surface area contributed by atoms with Crippen LogP contribution in [0.5, 0.6) is 0 Å². The Labute approximate surface area is 138 Å². The zero-order valence-electron chi connectivity index (χ0n) is 13.6. The van der Waals surface area contributed by atoms with Crippen molar-refractivity contribution in [1.29, 1.82) is 0 Å². The second kappa shape index (κ2) is 6.04. The first-order valence-corrected chi connectivity index (χ1v) is 8.54. The highest BCUT2D eigenvalue weighted by molar-refractivity contribution is 5.64. The minimum atomic E-state index is 0.526. The van der Waals surface area contributed by atoms with E-state index in [4.69, 9.17) is 0 Å². The molecule has 0 bridgehead atoms. The molecule has 0 N–H and O–H groups in total. The van der Waals surface area contributed by atoms with Crippen LogP contribution in [0.3, 0.4) is 0 Å². The van der Waals surface area contributed by atoms with E-state index in [1.54, 1.807) is 0 Å². The fraction of sp³-hybridized carbons (Fsp3) is 0.217. The Morgan fingerprint density at radius 3 is 2.35 bits per heavy atom. The molecule has 0 heteroatoms. The molecule has 114 valence electrons. The zero-order chi connectivity index (χ0) is 15.6. The summed E-state index contributed by atoms with van der Waals surface area (Å²) in [4.78, 5) is 0. The highest BCUT2D eigenvalue weighted by Gasteiger charge is 2.25. The van der Waals surface area contributed by atoms with E-state index in [9.17, 15) is 0 Å². The molecule has 3 aromatic rings. The summed E-state index contributed by atoms with van der Waals surface area (Å²) in [6.07, 6.45) is 2.46. The third-order valence-electron chi connectivity index (χ3n) is 5.03. The lowest BCUT2D eigenvalue weighted by atomic mass is 9.74. The lowest BCUT2D eigenvalue weighted by Gasteiger charge is -2.30. The van der Waals surface area contributed by atoms with Crippen LogP contribution in [0, 0.1) is 5.92 Å². The monoisotopic (exact) mass is 298 g/mol. The maximum absolute atomic E-state index is 2.38. The van der Waals surface area contributed by atoms with Crippen molar-refractivity contribution in [1.82, 2.24) is 0 Å². The number of rotatable bonds is 2. The normalized spacial score (nSPS) is 20.0. The van der Waals surface area contributed by atoms with Gasteiger partial charge in [0.25, 0.3) is 0 Å². The molecule has 1 aliphatic carbocycles. The van der Waals surface area contributed by atoms with Crippen molar-refractivity contribution in [2.24, 2.45) is 5.92 Å². The first kappa shape index (κ1) is 14.3. The summed E-state index contributed by atoms with van der Waals surface area (Å²) in [6, 6.07) is 28.8. The van der Waals surface area contributed by atoms with E-state index in [2.05, 4.69) is 85.8 Å². The molecule has 0 heterocycles. The van der Waals surface area contributed by atoms with Gasteiger partial charge in [-0.05, 0) is 46.6 Å². The SMILES string of the molecule is C[C@@H]1Cc2ccccc2[C@H](c2cccc(-c3ccccc3)c2)C1. The summed E-state index contributed by atoms with van der Waals surface area (Å²) in [5.41, 5.74) is 7.12. The van der Waals surface area contributed by atoms with Gasteiger partial charge < -0.3 is 0 Å². The summed E-state index contributed by atoms with van der Waals surface area (Å²) in [6.45, 7) is 2.38. The number of benzene rings is 3. The van der Waals surface area contributed by atoms with Crippen LogP contribution in [0.25, 0.3) is 11.1 Å². The van der Waals surface area contributed by atoms with Crippen LogP contribution < -0.4 is 0 Å². The second-order valence-corrected chi connectivity index (χ2v) is 6.79. The molecule has 0 amide bonds. The Morgan fingerprint density at radius 2 is 1.48 bits per heavy atom. The molecular formula is C23H22. The Morgan fingerprint density at radius 1 is 0.739 bits per heavy atom.